The van der Waals surface area contributed by atoms with Crippen LogP contribution in [0.1, 0.15) is 19.7 Å². The highest BCUT2D eigenvalue weighted by Crippen LogP contribution is 2.10. The van der Waals surface area contributed by atoms with Crippen molar-refractivity contribution in [1.29, 1.82) is 0 Å². The first kappa shape index (κ1) is 10.8. The van der Waals surface area contributed by atoms with Crippen LogP contribution in [0.4, 0.5) is 0 Å². The Morgan fingerprint density at radius 1 is 1.69 bits per heavy atom. The number of thioether (sulfide) groups is 1. The summed E-state index contributed by atoms with van der Waals surface area (Å²) >= 11 is 6.98. The van der Waals surface area contributed by atoms with E-state index in [-0.39, 0.29) is 0 Å². The molecule has 1 aromatic rings. The SMILES string of the molecule is CCc1n[nH]c(=S)n1CC(C)SC. The van der Waals surface area contributed by atoms with Gasteiger partial charge in [0.2, 0.25) is 0 Å². The molecule has 0 radical (unpaired) electrons. The van der Waals surface area contributed by atoms with E-state index in [9.17, 15) is 0 Å². The third kappa shape index (κ3) is 2.57. The molecule has 1 N–H and O–H groups in total. The molecule has 3 nitrogen and oxygen atoms in total. The van der Waals surface area contributed by atoms with Crippen molar-refractivity contribution in [3.8, 4) is 0 Å². The second kappa shape index (κ2) is 4.81. The lowest BCUT2D eigenvalue weighted by molar-refractivity contribution is 0.646. The number of hydrogen-bond donors (Lipinski definition) is 1. The maximum atomic E-state index is 5.14. The smallest absolute Gasteiger partial charge is 0.195 e. The molecule has 1 atom stereocenters. The minimum atomic E-state index is 0.578. The predicted molar refractivity (Wildman–Crippen MR) is 59.8 cm³/mol. The molecule has 0 saturated carbocycles. The minimum absolute atomic E-state index is 0.578. The number of aryl methyl sites for hydroxylation is 1. The minimum Gasteiger partial charge on any atom is -0.303 e. The summed E-state index contributed by atoms with van der Waals surface area (Å²) < 4.78 is 2.81. The Labute approximate surface area is 87.9 Å². The molecule has 0 amide bonds. The summed E-state index contributed by atoms with van der Waals surface area (Å²) in [5.74, 6) is 1.05. The van der Waals surface area contributed by atoms with E-state index < -0.39 is 0 Å². The zero-order valence-electron chi connectivity index (χ0n) is 8.20. The monoisotopic (exact) mass is 217 g/mol. The van der Waals surface area contributed by atoms with Crippen LogP contribution in [0, 0.1) is 4.77 Å². The Hall–Kier alpha value is -0.290. The van der Waals surface area contributed by atoms with Crippen LogP contribution < -0.4 is 0 Å². The molecule has 0 spiro atoms. The third-order valence-electron chi connectivity index (χ3n) is 2.00. The molecule has 74 valence electrons. The van der Waals surface area contributed by atoms with Gasteiger partial charge in [0.25, 0.3) is 0 Å². The average Bonchev–Trinajstić information content (AvgIpc) is 2.48. The molecule has 0 bridgehead atoms. The summed E-state index contributed by atoms with van der Waals surface area (Å²) in [6.07, 6.45) is 3.04. The van der Waals surface area contributed by atoms with Crippen LogP contribution in [0.15, 0.2) is 0 Å². The number of aromatic amines is 1. The molecular weight excluding hydrogens is 202 g/mol. The molecule has 5 heteroatoms. The van der Waals surface area contributed by atoms with E-state index in [1.165, 1.54) is 0 Å². The number of nitrogens with one attached hydrogen (secondary N) is 1. The molecule has 1 unspecified atom stereocenters. The fourth-order valence-corrected chi connectivity index (χ4v) is 1.66. The van der Waals surface area contributed by atoms with Crippen molar-refractivity contribution in [3.05, 3.63) is 10.6 Å². The molecular formula is C8H15N3S2. The van der Waals surface area contributed by atoms with Crippen LogP contribution in [-0.2, 0) is 13.0 Å². The molecule has 0 aliphatic rings. The Kier molecular flexibility index (Phi) is 3.99. The number of aromatic nitrogens is 3. The van der Waals surface area contributed by atoms with Gasteiger partial charge in [-0.3, -0.25) is 5.10 Å². The third-order valence-corrected chi connectivity index (χ3v) is 3.26. The van der Waals surface area contributed by atoms with E-state index >= 15 is 0 Å². The van der Waals surface area contributed by atoms with Crippen LogP contribution in [0.5, 0.6) is 0 Å². The lowest BCUT2D eigenvalue weighted by atomic mass is 10.4. The normalized spacial score (nSPS) is 13.2. The van der Waals surface area contributed by atoms with Crippen molar-refractivity contribution in [2.45, 2.75) is 32.1 Å². The lowest BCUT2D eigenvalue weighted by Crippen LogP contribution is -2.11. The molecule has 1 rings (SSSR count). The summed E-state index contributed by atoms with van der Waals surface area (Å²) in [5, 5.41) is 7.56. The van der Waals surface area contributed by atoms with Crippen LogP contribution in [-0.4, -0.2) is 26.3 Å². The van der Waals surface area contributed by atoms with Gasteiger partial charge in [0.15, 0.2) is 4.77 Å². The Bertz CT molecular complexity index is 315. The van der Waals surface area contributed by atoms with E-state index in [4.69, 9.17) is 12.2 Å². The average molecular weight is 217 g/mol. The highest BCUT2D eigenvalue weighted by Gasteiger charge is 2.07. The Morgan fingerprint density at radius 3 is 2.92 bits per heavy atom. The highest BCUT2D eigenvalue weighted by atomic mass is 32.2. The standard InChI is InChI=1S/C8H15N3S2/c1-4-7-9-10-8(12)11(7)5-6(2)13-3/h6H,4-5H2,1-3H3,(H,10,12). The maximum absolute atomic E-state index is 5.14. The van der Waals surface area contributed by atoms with Crippen LogP contribution in [0.3, 0.4) is 0 Å². The molecule has 0 aromatic carbocycles. The Morgan fingerprint density at radius 2 is 2.38 bits per heavy atom. The number of rotatable bonds is 4. The van der Waals surface area contributed by atoms with Crippen LogP contribution in [0.2, 0.25) is 0 Å². The predicted octanol–water partition coefficient (Wildman–Crippen LogP) is 2.25. The molecule has 0 fully saturated rings. The lowest BCUT2D eigenvalue weighted by Gasteiger charge is -2.10. The van der Waals surface area contributed by atoms with Gasteiger partial charge in [-0.15, -0.1) is 0 Å². The highest BCUT2D eigenvalue weighted by molar-refractivity contribution is 7.99. The second-order valence-corrected chi connectivity index (χ2v) is 4.62. The van der Waals surface area contributed by atoms with Crippen LogP contribution >= 0.6 is 24.0 Å². The van der Waals surface area contributed by atoms with Crippen molar-refractivity contribution < 1.29 is 0 Å². The molecule has 0 aliphatic carbocycles. The van der Waals surface area contributed by atoms with E-state index in [2.05, 4.69) is 34.9 Å². The van der Waals surface area contributed by atoms with Crippen molar-refractivity contribution in [2.24, 2.45) is 0 Å². The van der Waals surface area contributed by atoms with E-state index in [0.29, 0.717) is 5.25 Å². The Balaban J connectivity index is 2.85. The summed E-state index contributed by atoms with van der Waals surface area (Å²) in [5.41, 5.74) is 0. The van der Waals surface area contributed by atoms with Gasteiger partial charge in [-0.1, -0.05) is 13.8 Å². The van der Waals surface area contributed by atoms with E-state index in [1.807, 2.05) is 11.8 Å². The van der Waals surface area contributed by atoms with Gasteiger partial charge in [0.1, 0.15) is 5.82 Å². The van der Waals surface area contributed by atoms with Gasteiger partial charge in [0, 0.05) is 18.2 Å². The maximum Gasteiger partial charge on any atom is 0.195 e. The van der Waals surface area contributed by atoms with Gasteiger partial charge in [-0.25, -0.2) is 0 Å². The summed E-state index contributed by atoms with van der Waals surface area (Å²) in [4.78, 5) is 0. The van der Waals surface area contributed by atoms with Gasteiger partial charge in [0.05, 0.1) is 0 Å². The number of H-pyrrole nitrogens is 1. The van der Waals surface area contributed by atoms with Crippen LogP contribution in [0.25, 0.3) is 0 Å². The molecule has 0 saturated heterocycles. The van der Waals surface area contributed by atoms with Gasteiger partial charge >= 0.3 is 0 Å². The van der Waals surface area contributed by atoms with Crippen molar-refractivity contribution in [2.75, 3.05) is 6.26 Å². The summed E-state index contributed by atoms with van der Waals surface area (Å²) in [7, 11) is 0. The van der Waals surface area contributed by atoms with Crippen molar-refractivity contribution in [3.63, 3.8) is 0 Å². The second-order valence-electron chi connectivity index (χ2n) is 2.96. The van der Waals surface area contributed by atoms with Crippen molar-refractivity contribution >= 4 is 24.0 Å². The topological polar surface area (TPSA) is 33.6 Å². The largest absolute Gasteiger partial charge is 0.303 e. The first-order valence-corrected chi connectivity index (χ1v) is 6.05. The molecule has 1 aromatic heterocycles. The molecule has 1 heterocycles. The zero-order chi connectivity index (χ0) is 9.84. The number of nitrogens with zero attached hydrogens (tertiary/aromatic N) is 2. The molecule has 0 aliphatic heterocycles. The van der Waals surface area contributed by atoms with Gasteiger partial charge < -0.3 is 4.57 Å². The van der Waals surface area contributed by atoms with E-state index in [1.54, 1.807) is 0 Å². The van der Waals surface area contributed by atoms with Crippen molar-refractivity contribution in [1.82, 2.24) is 14.8 Å². The number of hydrogen-bond acceptors (Lipinski definition) is 3. The van der Waals surface area contributed by atoms with Gasteiger partial charge in [-0.05, 0) is 18.5 Å². The first-order chi connectivity index (χ1) is 6.19. The van der Waals surface area contributed by atoms with Gasteiger partial charge in [-0.2, -0.15) is 16.9 Å². The first-order valence-electron chi connectivity index (χ1n) is 4.35. The summed E-state index contributed by atoms with van der Waals surface area (Å²) in [6.45, 7) is 5.23. The summed E-state index contributed by atoms with van der Waals surface area (Å²) in [6, 6.07) is 0. The molecule has 13 heavy (non-hydrogen) atoms. The fourth-order valence-electron chi connectivity index (χ4n) is 1.14. The fraction of sp³-hybridized carbons (Fsp3) is 0.750. The quantitative estimate of drug-likeness (QED) is 0.785. The zero-order valence-corrected chi connectivity index (χ0v) is 9.84. The van der Waals surface area contributed by atoms with E-state index in [0.717, 1.165) is 23.6 Å².